The Bertz CT molecular complexity index is 456. The number of rotatable bonds is 6. The summed E-state index contributed by atoms with van der Waals surface area (Å²) >= 11 is 0. The van der Waals surface area contributed by atoms with Crippen LogP contribution in [-0.4, -0.2) is 42.6 Å². The molecule has 0 aliphatic carbocycles. The summed E-state index contributed by atoms with van der Waals surface area (Å²) in [6, 6.07) is 9.52. The summed E-state index contributed by atoms with van der Waals surface area (Å²) in [4.78, 5) is 14.5. The van der Waals surface area contributed by atoms with Crippen molar-refractivity contribution in [2.24, 2.45) is 5.73 Å². The SMILES string of the molecule is CCCOC1CCCN(C(=O)C(N)Cc2ccccc2)CC1.Cl. The van der Waals surface area contributed by atoms with Gasteiger partial charge in [0.2, 0.25) is 5.91 Å². The topological polar surface area (TPSA) is 55.6 Å². The van der Waals surface area contributed by atoms with Crippen LogP contribution in [0, 0.1) is 0 Å². The van der Waals surface area contributed by atoms with E-state index in [4.69, 9.17) is 10.5 Å². The van der Waals surface area contributed by atoms with E-state index in [0.29, 0.717) is 12.5 Å². The molecule has 4 nitrogen and oxygen atoms in total. The zero-order valence-corrected chi connectivity index (χ0v) is 14.8. The van der Waals surface area contributed by atoms with Crippen molar-refractivity contribution in [3.05, 3.63) is 35.9 Å². The van der Waals surface area contributed by atoms with Crippen LogP contribution in [0.3, 0.4) is 0 Å². The molecular formula is C18H29ClN2O2. The zero-order chi connectivity index (χ0) is 15.8. The minimum absolute atomic E-state index is 0. The number of benzene rings is 1. The summed E-state index contributed by atoms with van der Waals surface area (Å²) in [5.74, 6) is 0.0694. The Labute approximate surface area is 145 Å². The molecule has 5 heteroatoms. The fourth-order valence-corrected chi connectivity index (χ4v) is 2.93. The molecule has 130 valence electrons. The van der Waals surface area contributed by atoms with E-state index in [-0.39, 0.29) is 18.3 Å². The summed E-state index contributed by atoms with van der Waals surface area (Å²) in [6.45, 7) is 4.49. The molecule has 23 heavy (non-hydrogen) atoms. The molecule has 2 N–H and O–H groups in total. The predicted octanol–water partition coefficient (Wildman–Crippen LogP) is 2.79. The van der Waals surface area contributed by atoms with Gasteiger partial charge in [-0.3, -0.25) is 4.79 Å². The van der Waals surface area contributed by atoms with Gasteiger partial charge in [0.1, 0.15) is 0 Å². The van der Waals surface area contributed by atoms with Gasteiger partial charge < -0.3 is 15.4 Å². The number of halogens is 1. The lowest BCUT2D eigenvalue weighted by Crippen LogP contribution is -2.45. The maximum Gasteiger partial charge on any atom is 0.239 e. The number of hydrogen-bond donors (Lipinski definition) is 1. The van der Waals surface area contributed by atoms with Gasteiger partial charge in [0.15, 0.2) is 0 Å². The molecule has 1 aliphatic heterocycles. The normalized spacial score (nSPS) is 19.6. The van der Waals surface area contributed by atoms with Gasteiger partial charge in [0, 0.05) is 19.7 Å². The molecule has 0 saturated carbocycles. The van der Waals surface area contributed by atoms with Crippen LogP contribution in [0.4, 0.5) is 0 Å². The average molecular weight is 341 g/mol. The van der Waals surface area contributed by atoms with E-state index in [1.54, 1.807) is 0 Å². The Morgan fingerprint density at radius 1 is 1.30 bits per heavy atom. The Morgan fingerprint density at radius 3 is 2.74 bits per heavy atom. The number of carbonyl (C=O) groups is 1. The molecule has 2 unspecified atom stereocenters. The lowest BCUT2D eigenvalue weighted by molar-refractivity contribution is -0.132. The van der Waals surface area contributed by atoms with Gasteiger partial charge in [0.25, 0.3) is 0 Å². The van der Waals surface area contributed by atoms with Crippen molar-refractivity contribution in [2.45, 2.75) is 51.2 Å². The van der Waals surface area contributed by atoms with Gasteiger partial charge in [-0.2, -0.15) is 0 Å². The van der Waals surface area contributed by atoms with Crippen molar-refractivity contribution in [2.75, 3.05) is 19.7 Å². The number of nitrogens with zero attached hydrogens (tertiary/aromatic N) is 1. The van der Waals surface area contributed by atoms with E-state index >= 15 is 0 Å². The van der Waals surface area contributed by atoms with Crippen LogP contribution >= 0.6 is 12.4 Å². The third-order valence-electron chi connectivity index (χ3n) is 4.16. The summed E-state index contributed by atoms with van der Waals surface area (Å²) in [5.41, 5.74) is 7.24. The number of hydrogen-bond acceptors (Lipinski definition) is 3. The van der Waals surface area contributed by atoms with E-state index in [1.807, 2.05) is 35.2 Å². The second-order valence-electron chi connectivity index (χ2n) is 6.05. The van der Waals surface area contributed by atoms with Crippen molar-refractivity contribution in [3.8, 4) is 0 Å². The zero-order valence-electron chi connectivity index (χ0n) is 13.9. The smallest absolute Gasteiger partial charge is 0.239 e. The second-order valence-corrected chi connectivity index (χ2v) is 6.05. The molecule has 1 saturated heterocycles. The van der Waals surface area contributed by atoms with E-state index < -0.39 is 6.04 Å². The van der Waals surface area contributed by atoms with Crippen LogP contribution in [-0.2, 0) is 16.0 Å². The highest BCUT2D eigenvalue weighted by atomic mass is 35.5. The molecule has 2 rings (SSSR count). The molecule has 1 fully saturated rings. The van der Waals surface area contributed by atoms with Crippen LogP contribution in [0.25, 0.3) is 0 Å². The number of nitrogens with two attached hydrogens (primary N) is 1. The van der Waals surface area contributed by atoms with Crippen molar-refractivity contribution in [1.82, 2.24) is 4.90 Å². The van der Waals surface area contributed by atoms with Crippen molar-refractivity contribution in [3.63, 3.8) is 0 Å². The minimum Gasteiger partial charge on any atom is -0.378 e. The molecule has 0 bridgehead atoms. The first-order valence-corrected chi connectivity index (χ1v) is 8.40. The highest BCUT2D eigenvalue weighted by Gasteiger charge is 2.24. The van der Waals surface area contributed by atoms with Crippen LogP contribution in [0.1, 0.15) is 38.2 Å². The van der Waals surface area contributed by atoms with Crippen LogP contribution in [0.15, 0.2) is 30.3 Å². The molecule has 1 aromatic carbocycles. The van der Waals surface area contributed by atoms with Gasteiger partial charge >= 0.3 is 0 Å². The summed E-state index contributed by atoms with van der Waals surface area (Å²) < 4.78 is 5.83. The summed E-state index contributed by atoms with van der Waals surface area (Å²) in [6.07, 6.45) is 4.90. The molecule has 1 aliphatic rings. The van der Waals surface area contributed by atoms with E-state index in [2.05, 4.69) is 6.92 Å². The second kappa shape index (κ2) is 10.6. The van der Waals surface area contributed by atoms with Gasteiger partial charge in [-0.25, -0.2) is 0 Å². The highest BCUT2D eigenvalue weighted by Crippen LogP contribution is 2.16. The number of ether oxygens (including phenoxy) is 1. The lowest BCUT2D eigenvalue weighted by atomic mass is 10.1. The summed E-state index contributed by atoms with van der Waals surface area (Å²) in [5, 5.41) is 0. The highest BCUT2D eigenvalue weighted by molar-refractivity contribution is 5.85. The van der Waals surface area contributed by atoms with Crippen LogP contribution in [0.2, 0.25) is 0 Å². The van der Waals surface area contributed by atoms with E-state index in [1.165, 1.54) is 0 Å². The van der Waals surface area contributed by atoms with E-state index in [0.717, 1.165) is 50.9 Å². The first kappa shape index (κ1) is 19.9. The first-order valence-electron chi connectivity index (χ1n) is 8.40. The molecule has 1 heterocycles. The van der Waals surface area contributed by atoms with Gasteiger partial charge in [-0.05, 0) is 37.7 Å². The first-order chi connectivity index (χ1) is 10.7. The Morgan fingerprint density at radius 2 is 2.04 bits per heavy atom. The lowest BCUT2D eigenvalue weighted by Gasteiger charge is -2.24. The molecule has 1 amide bonds. The van der Waals surface area contributed by atoms with Crippen molar-refractivity contribution >= 4 is 18.3 Å². The standard InChI is InChI=1S/C18H28N2O2.ClH/c1-2-13-22-16-9-6-11-20(12-10-16)18(21)17(19)14-15-7-4-3-5-8-15;/h3-5,7-8,16-17H,2,6,9-14,19H2,1H3;1H. The minimum atomic E-state index is -0.449. The number of likely N-dealkylation sites (tertiary alicyclic amines) is 1. The molecular weight excluding hydrogens is 312 g/mol. The number of amides is 1. The molecule has 0 radical (unpaired) electrons. The van der Waals surface area contributed by atoms with Crippen molar-refractivity contribution < 1.29 is 9.53 Å². The maximum atomic E-state index is 12.5. The fraction of sp³-hybridized carbons (Fsp3) is 0.611. The average Bonchev–Trinajstić information content (AvgIpc) is 2.78. The summed E-state index contributed by atoms with van der Waals surface area (Å²) in [7, 11) is 0. The molecule has 0 spiro atoms. The van der Waals surface area contributed by atoms with Gasteiger partial charge in [-0.1, -0.05) is 37.3 Å². The molecule has 0 aromatic heterocycles. The maximum absolute atomic E-state index is 12.5. The quantitative estimate of drug-likeness (QED) is 0.866. The third-order valence-corrected chi connectivity index (χ3v) is 4.16. The predicted molar refractivity (Wildman–Crippen MR) is 95.8 cm³/mol. The molecule has 1 aromatic rings. The Kier molecular flexibility index (Phi) is 9.22. The largest absolute Gasteiger partial charge is 0.378 e. The van der Waals surface area contributed by atoms with E-state index in [9.17, 15) is 4.79 Å². The van der Waals surface area contributed by atoms with Crippen LogP contribution < -0.4 is 5.73 Å². The molecule has 2 atom stereocenters. The van der Waals surface area contributed by atoms with Gasteiger partial charge in [-0.15, -0.1) is 12.4 Å². The van der Waals surface area contributed by atoms with Crippen LogP contribution in [0.5, 0.6) is 0 Å². The Balaban J connectivity index is 0.00000264. The third kappa shape index (κ3) is 6.50. The Hall–Kier alpha value is -1.10. The van der Waals surface area contributed by atoms with Gasteiger partial charge in [0.05, 0.1) is 12.1 Å². The fourth-order valence-electron chi connectivity index (χ4n) is 2.93. The monoisotopic (exact) mass is 340 g/mol. The number of carbonyl (C=O) groups excluding carboxylic acids is 1. The van der Waals surface area contributed by atoms with Crippen molar-refractivity contribution in [1.29, 1.82) is 0 Å².